The summed E-state index contributed by atoms with van der Waals surface area (Å²) in [5.41, 5.74) is 0.739. The lowest BCUT2D eigenvalue weighted by Crippen LogP contribution is -1.87. The third-order valence-corrected chi connectivity index (χ3v) is 3.31. The van der Waals surface area contributed by atoms with E-state index in [4.69, 9.17) is 16.3 Å². The first-order valence-corrected chi connectivity index (χ1v) is 5.98. The predicted octanol–water partition coefficient (Wildman–Crippen LogP) is 4.07. The summed E-state index contributed by atoms with van der Waals surface area (Å²) >= 11 is 7.68. The molecule has 0 saturated carbocycles. The summed E-state index contributed by atoms with van der Waals surface area (Å²) in [5, 5.41) is 2.45. The minimum atomic E-state index is 0.486. The van der Waals surface area contributed by atoms with Gasteiger partial charge in [-0.15, -0.1) is 11.3 Å². The van der Waals surface area contributed by atoms with E-state index in [0.29, 0.717) is 5.17 Å². The average molecular weight is 252 g/mol. The largest absolute Gasteiger partial charge is 0.494 e. The summed E-state index contributed by atoms with van der Waals surface area (Å²) in [6.07, 6.45) is 0. The first-order chi connectivity index (χ1) is 7.81. The van der Waals surface area contributed by atoms with Crippen molar-refractivity contribution in [2.45, 2.75) is 0 Å². The molecule has 0 bridgehead atoms. The van der Waals surface area contributed by atoms with Crippen LogP contribution in [0, 0.1) is 0 Å². The lowest BCUT2D eigenvalue weighted by Gasteiger charge is -2.03. The fourth-order valence-corrected chi connectivity index (χ4v) is 2.17. The first-order valence-electron chi connectivity index (χ1n) is 4.72. The molecule has 0 unspecified atom stereocenters. The zero-order chi connectivity index (χ0) is 11.4. The van der Waals surface area contributed by atoms with Gasteiger partial charge in [0, 0.05) is 0 Å². The summed E-state index contributed by atoms with van der Waals surface area (Å²) in [6, 6.07) is 11.4. The Labute approximate surface area is 103 Å². The smallest absolute Gasteiger partial charge is 0.147 e. The Morgan fingerprint density at radius 2 is 2.06 bits per heavy atom. The van der Waals surface area contributed by atoms with Gasteiger partial charge in [-0.25, -0.2) is 4.99 Å². The van der Waals surface area contributed by atoms with Gasteiger partial charge in [0.2, 0.25) is 0 Å². The van der Waals surface area contributed by atoms with Crippen LogP contribution in [0.5, 0.6) is 5.75 Å². The minimum Gasteiger partial charge on any atom is -0.494 e. The van der Waals surface area contributed by atoms with Crippen molar-refractivity contribution in [3.63, 3.8) is 0 Å². The highest BCUT2D eigenvalue weighted by atomic mass is 35.5. The van der Waals surface area contributed by atoms with Gasteiger partial charge in [0.25, 0.3) is 0 Å². The Bertz CT molecular complexity index is 493. The number of aliphatic imine (C=N–C) groups is 1. The Hall–Kier alpha value is -1.32. The summed E-state index contributed by atoms with van der Waals surface area (Å²) in [7, 11) is 1.62. The number of rotatable bonds is 3. The molecule has 0 saturated heterocycles. The van der Waals surface area contributed by atoms with Gasteiger partial charge in [0.05, 0.1) is 12.0 Å². The molecule has 82 valence electrons. The molecule has 0 radical (unpaired) electrons. The second-order valence-electron chi connectivity index (χ2n) is 3.05. The lowest BCUT2D eigenvalue weighted by molar-refractivity contribution is 0.416. The molecule has 1 heterocycles. The van der Waals surface area contributed by atoms with Crippen LogP contribution in [0.3, 0.4) is 0 Å². The summed E-state index contributed by atoms with van der Waals surface area (Å²) in [5.74, 6) is 0.720. The van der Waals surface area contributed by atoms with Gasteiger partial charge < -0.3 is 4.74 Å². The Kier molecular flexibility index (Phi) is 3.59. The predicted molar refractivity (Wildman–Crippen MR) is 69.4 cm³/mol. The highest BCUT2D eigenvalue weighted by Crippen LogP contribution is 2.28. The number of nitrogens with zero attached hydrogens (tertiary/aromatic N) is 1. The van der Waals surface area contributed by atoms with Crippen molar-refractivity contribution in [1.29, 1.82) is 0 Å². The van der Waals surface area contributed by atoms with Crippen LogP contribution < -0.4 is 4.74 Å². The molecule has 2 nitrogen and oxygen atoms in total. The Morgan fingerprint density at radius 3 is 2.75 bits per heavy atom. The van der Waals surface area contributed by atoms with Crippen molar-refractivity contribution in [1.82, 2.24) is 0 Å². The molecule has 0 aliphatic carbocycles. The number of benzene rings is 1. The fraction of sp³-hybridized carbons (Fsp3) is 0.0833. The molecule has 0 N–H and O–H groups in total. The van der Waals surface area contributed by atoms with E-state index < -0.39 is 0 Å². The Morgan fingerprint density at radius 1 is 1.25 bits per heavy atom. The molecule has 0 fully saturated rings. The monoisotopic (exact) mass is 251 g/mol. The van der Waals surface area contributed by atoms with Crippen LogP contribution in [-0.4, -0.2) is 12.3 Å². The van der Waals surface area contributed by atoms with E-state index in [2.05, 4.69) is 4.99 Å². The van der Waals surface area contributed by atoms with E-state index in [1.165, 1.54) is 0 Å². The van der Waals surface area contributed by atoms with Crippen molar-refractivity contribution in [2.75, 3.05) is 7.11 Å². The van der Waals surface area contributed by atoms with Crippen molar-refractivity contribution < 1.29 is 4.74 Å². The van der Waals surface area contributed by atoms with Crippen LogP contribution in [0.25, 0.3) is 0 Å². The second-order valence-corrected chi connectivity index (χ2v) is 4.36. The second kappa shape index (κ2) is 5.14. The third-order valence-electron chi connectivity index (χ3n) is 2.03. The normalized spacial score (nSPS) is 11.5. The van der Waals surface area contributed by atoms with Crippen molar-refractivity contribution in [3.8, 4) is 5.75 Å². The van der Waals surface area contributed by atoms with Gasteiger partial charge in [-0.2, -0.15) is 0 Å². The molecule has 2 aromatic rings. The van der Waals surface area contributed by atoms with Crippen LogP contribution in [0.4, 0.5) is 5.69 Å². The van der Waals surface area contributed by atoms with Gasteiger partial charge >= 0.3 is 0 Å². The maximum atomic E-state index is 6.12. The molecule has 16 heavy (non-hydrogen) atoms. The van der Waals surface area contributed by atoms with E-state index in [9.17, 15) is 0 Å². The van der Waals surface area contributed by atoms with Gasteiger partial charge in [0.15, 0.2) is 0 Å². The highest BCUT2D eigenvalue weighted by Gasteiger charge is 2.04. The van der Waals surface area contributed by atoms with Crippen molar-refractivity contribution in [2.24, 2.45) is 4.99 Å². The molecule has 4 heteroatoms. The van der Waals surface area contributed by atoms with Crippen molar-refractivity contribution in [3.05, 3.63) is 46.7 Å². The highest BCUT2D eigenvalue weighted by molar-refractivity contribution is 7.14. The quantitative estimate of drug-likeness (QED) is 0.754. The summed E-state index contributed by atoms with van der Waals surface area (Å²) in [4.78, 5) is 5.29. The van der Waals surface area contributed by atoms with Gasteiger partial charge in [-0.05, 0) is 23.6 Å². The molecular formula is C12H10ClNOS. The molecule has 1 aromatic heterocycles. The zero-order valence-electron chi connectivity index (χ0n) is 8.68. The molecule has 2 rings (SSSR count). The number of halogens is 1. The fourth-order valence-electron chi connectivity index (χ4n) is 1.28. The number of thiophene rings is 1. The molecule has 0 aliphatic heterocycles. The molecule has 0 atom stereocenters. The van der Waals surface area contributed by atoms with E-state index in [0.717, 1.165) is 16.3 Å². The van der Waals surface area contributed by atoms with Crippen LogP contribution in [0.1, 0.15) is 4.88 Å². The number of hydrogen-bond acceptors (Lipinski definition) is 3. The summed E-state index contributed by atoms with van der Waals surface area (Å²) < 4.78 is 5.20. The number of methoxy groups -OCH3 is 1. The number of para-hydroxylation sites is 2. The molecule has 1 aromatic carbocycles. The first kappa shape index (κ1) is 11.2. The van der Waals surface area contributed by atoms with E-state index in [1.54, 1.807) is 18.4 Å². The van der Waals surface area contributed by atoms with Crippen LogP contribution in [-0.2, 0) is 0 Å². The van der Waals surface area contributed by atoms with E-state index in [-0.39, 0.29) is 0 Å². The van der Waals surface area contributed by atoms with E-state index in [1.807, 2.05) is 41.8 Å². The lowest BCUT2D eigenvalue weighted by atomic mass is 10.3. The third kappa shape index (κ3) is 2.43. The maximum Gasteiger partial charge on any atom is 0.147 e. The summed E-state index contributed by atoms with van der Waals surface area (Å²) in [6.45, 7) is 0. The van der Waals surface area contributed by atoms with Crippen LogP contribution in [0.2, 0.25) is 0 Å². The minimum absolute atomic E-state index is 0.486. The van der Waals surface area contributed by atoms with Crippen molar-refractivity contribution >= 4 is 33.8 Å². The number of ether oxygens (including phenoxy) is 1. The molecule has 0 spiro atoms. The van der Waals surface area contributed by atoms with Gasteiger partial charge in [-0.3, -0.25) is 0 Å². The Balaban J connectivity index is 2.35. The molecule has 0 amide bonds. The average Bonchev–Trinajstić information content (AvgIpc) is 2.83. The van der Waals surface area contributed by atoms with E-state index >= 15 is 0 Å². The maximum absolute atomic E-state index is 6.12. The molecular weight excluding hydrogens is 242 g/mol. The topological polar surface area (TPSA) is 21.6 Å². The van der Waals surface area contributed by atoms with Gasteiger partial charge in [-0.1, -0.05) is 29.8 Å². The zero-order valence-corrected chi connectivity index (χ0v) is 10.3. The molecule has 0 aliphatic rings. The SMILES string of the molecule is COc1ccccc1/N=C(\Cl)c1cccs1. The standard InChI is InChI=1S/C12H10ClNOS/c1-15-10-6-3-2-5-9(10)14-12(13)11-7-4-8-16-11/h2-8H,1H3/b14-12-. The number of hydrogen-bond donors (Lipinski definition) is 0. The van der Waals surface area contributed by atoms with Crippen LogP contribution >= 0.6 is 22.9 Å². The van der Waals surface area contributed by atoms with Crippen LogP contribution in [0.15, 0.2) is 46.8 Å². The van der Waals surface area contributed by atoms with Gasteiger partial charge in [0.1, 0.15) is 16.6 Å².